The van der Waals surface area contributed by atoms with Crippen molar-refractivity contribution in [1.82, 2.24) is 9.97 Å². The molecule has 0 saturated heterocycles. The second kappa shape index (κ2) is 4.28. The Morgan fingerprint density at radius 3 is 2.40 bits per heavy atom. The van der Waals surface area contributed by atoms with E-state index in [1.54, 1.807) is 24.4 Å². The lowest BCUT2D eigenvalue weighted by Gasteiger charge is -2.03. The van der Waals surface area contributed by atoms with E-state index < -0.39 is 0 Å². The average molecular weight is 330 g/mol. The Morgan fingerprint density at radius 2 is 1.73 bits per heavy atom. The van der Waals surface area contributed by atoms with E-state index in [0.29, 0.717) is 10.3 Å². The first kappa shape index (κ1) is 10.6. The third-order valence-electron chi connectivity index (χ3n) is 1.84. The van der Waals surface area contributed by atoms with Gasteiger partial charge in [0, 0.05) is 11.8 Å². The van der Waals surface area contributed by atoms with Gasteiger partial charge in [0.25, 0.3) is 0 Å². The highest BCUT2D eigenvalue weighted by Crippen LogP contribution is 2.28. The molecule has 1 N–H and O–H groups in total. The van der Waals surface area contributed by atoms with Crippen molar-refractivity contribution < 1.29 is 5.11 Å². The molecule has 0 saturated carbocycles. The molecule has 2 aromatic rings. The largest absolute Gasteiger partial charge is 0.506 e. The summed E-state index contributed by atoms with van der Waals surface area (Å²) in [5.74, 6) is 0.141. The van der Waals surface area contributed by atoms with Crippen LogP contribution in [0.3, 0.4) is 0 Å². The molecule has 0 bridgehead atoms. The van der Waals surface area contributed by atoms with E-state index in [9.17, 15) is 5.11 Å². The lowest BCUT2D eigenvalue weighted by molar-refractivity contribution is 0.475. The van der Waals surface area contributed by atoms with Crippen molar-refractivity contribution >= 4 is 31.9 Å². The van der Waals surface area contributed by atoms with E-state index in [4.69, 9.17) is 0 Å². The minimum atomic E-state index is 0.141. The molecule has 0 radical (unpaired) electrons. The average Bonchev–Trinajstić information content (AvgIpc) is 2.23. The van der Waals surface area contributed by atoms with Gasteiger partial charge in [0.2, 0.25) is 0 Å². The summed E-state index contributed by atoms with van der Waals surface area (Å²) in [6.45, 7) is 0. The molecular formula is C10H6Br2N2O. The number of aromatic nitrogens is 2. The molecule has 0 aliphatic carbocycles. The molecule has 2 rings (SSSR count). The van der Waals surface area contributed by atoms with Crippen molar-refractivity contribution in [2.75, 3.05) is 0 Å². The molecular weight excluding hydrogens is 324 g/mol. The molecule has 5 heteroatoms. The quantitative estimate of drug-likeness (QED) is 0.816. The van der Waals surface area contributed by atoms with Gasteiger partial charge in [-0.2, -0.15) is 0 Å². The summed E-state index contributed by atoms with van der Waals surface area (Å²) in [6, 6.07) is 6.92. The number of hydrogen-bond donors (Lipinski definition) is 1. The lowest BCUT2D eigenvalue weighted by Crippen LogP contribution is -1.86. The molecule has 0 unspecified atom stereocenters. The highest BCUT2D eigenvalue weighted by Gasteiger charge is 2.06. The number of rotatable bonds is 1. The zero-order valence-electron chi connectivity index (χ0n) is 7.48. The predicted molar refractivity (Wildman–Crippen MR) is 64.5 cm³/mol. The lowest BCUT2D eigenvalue weighted by atomic mass is 10.2. The second-order valence-electron chi connectivity index (χ2n) is 2.87. The SMILES string of the molecule is Oc1ccc(Br)nc1-c1ccc(Br)nc1. The van der Waals surface area contributed by atoms with E-state index >= 15 is 0 Å². The van der Waals surface area contributed by atoms with Crippen LogP contribution in [0, 0.1) is 0 Å². The summed E-state index contributed by atoms with van der Waals surface area (Å²) in [5, 5.41) is 9.63. The van der Waals surface area contributed by atoms with Gasteiger partial charge in [-0.05, 0) is 56.1 Å². The van der Waals surface area contributed by atoms with Gasteiger partial charge in [0.15, 0.2) is 0 Å². The minimum absolute atomic E-state index is 0.141. The van der Waals surface area contributed by atoms with Crippen LogP contribution in [0.15, 0.2) is 39.7 Å². The molecule has 0 aliphatic heterocycles. The zero-order valence-corrected chi connectivity index (χ0v) is 10.7. The van der Waals surface area contributed by atoms with Crippen LogP contribution >= 0.6 is 31.9 Å². The van der Waals surface area contributed by atoms with Gasteiger partial charge >= 0.3 is 0 Å². The Morgan fingerprint density at radius 1 is 1.00 bits per heavy atom. The Hall–Kier alpha value is -0.940. The normalized spacial score (nSPS) is 10.3. The molecule has 0 spiro atoms. The summed E-state index contributed by atoms with van der Waals surface area (Å²) in [7, 11) is 0. The Labute approximate surface area is 103 Å². The molecule has 2 aromatic heterocycles. The van der Waals surface area contributed by atoms with Crippen LogP contribution in [0.25, 0.3) is 11.3 Å². The summed E-state index contributed by atoms with van der Waals surface area (Å²) < 4.78 is 1.43. The fourth-order valence-corrected chi connectivity index (χ4v) is 1.70. The minimum Gasteiger partial charge on any atom is -0.506 e. The molecule has 0 amide bonds. The summed E-state index contributed by atoms with van der Waals surface area (Å²) in [5.41, 5.74) is 1.29. The van der Waals surface area contributed by atoms with E-state index in [2.05, 4.69) is 41.8 Å². The molecule has 0 aliphatic rings. The Bertz CT molecular complexity index is 485. The van der Waals surface area contributed by atoms with E-state index in [1.165, 1.54) is 0 Å². The van der Waals surface area contributed by atoms with Crippen molar-refractivity contribution in [1.29, 1.82) is 0 Å². The molecule has 0 fully saturated rings. The zero-order chi connectivity index (χ0) is 10.8. The van der Waals surface area contributed by atoms with Gasteiger partial charge in [-0.15, -0.1) is 0 Å². The van der Waals surface area contributed by atoms with E-state index in [0.717, 1.165) is 10.2 Å². The number of hydrogen-bond acceptors (Lipinski definition) is 3. The van der Waals surface area contributed by atoms with Crippen molar-refractivity contribution in [3.05, 3.63) is 39.7 Å². The number of nitrogens with zero attached hydrogens (tertiary/aromatic N) is 2. The van der Waals surface area contributed by atoms with Crippen LogP contribution in [0.1, 0.15) is 0 Å². The third-order valence-corrected chi connectivity index (χ3v) is 2.75. The molecule has 76 valence electrons. The fraction of sp³-hybridized carbons (Fsp3) is 0. The third kappa shape index (κ3) is 2.35. The van der Waals surface area contributed by atoms with Crippen LogP contribution in [0.4, 0.5) is 0 Å². The maximum absolute atomic E-state index is 9.63. The van der Waals surface area contributed by atoms with Gasteiger partial charge in [0.1, 0.15) is 20.6 Å². The van der Waals surface area contributed by atoms with Gasteiger partial charge < -0.3 is 5.11 Å². The van der Waals surface area contributed by atoms with Crippen molar-refractivity contribution in [2.45, 2.75) is 0 Å². The molecule has 15 heavy (non-hydrogen) atoms. The standard InChI is InChI=1S/C10H6Br2N2O/c11-8-3-1-6(5-13-8)10-7(15)2-4-9(12)14-10/h1-5,15H. The molecule has 3 nitrogen and oxygen atoms in total. The summed E-state index contributed by atoms with van der Waals surface area (Å²) >= 11 is 6.50. The highest BCUT2D eigenvalue weighted by molar-refractivity contribution is 9.10. The number of aromatic hydroxyl groups is 1. The summed E-state index contributed by atoms with van der Waals surface area (Å²) in [6.07, 6.45) is 1.65. The fourth-order valence-electron chi connectivity index (χ4n) is 1.16. The van der Waals surface area contributed by atoms with Gasteiger partial charge in [0.05, 0.1) is 0 Å². The van der Waals surface area contributed by atoms with Crippen LogP contribution in [-0.2, 0) is 0 Å². The smallest absolute Gasteiger partial charge is 0.142 e. The highest BCUT2D eigenvalue weighted by atomic mass is 79.9. The van der Waals surface area contributed by atoms with Crippen LogP contribution in [-0.4, -0.2) is 15.1 Å². The van der Waals surface area contributed by atoms with Crippen molar-refractivity contribution in [3.8, 4) is 17.0 Å². The monoisotopic (exact) mass is 328 g/mol. The first-order chi connectivity index (χ1) is 7.16. The van der Waals surface area contributed by atoms with Crippen LogP contribution in [0.2, 0.25) is 0 Å². The molecule has 0 aromatic carbocycles. The first-order valence-electron chi connectivity index (χ1n) is 4.14. The second-order valence-corrected chi connectivity index (χ2v) is 4.50. The van der Waals surface area contributed by atoms with Crippen molar-refractivity contribution in [3.63, 3.8) is 0 Å². The van der Waals surface area contributed by atoms with E-state index in [-0.39, 0.29) is 5.75 Å². The molecule has 0 atom stereocenters. The maximum atomic E-state index is 9.63. The maximum Gasteiger partial charge on any atom is 0.142 e. The number of halogens is 2. The predicted octanol–water partition coefficient (Wildman–Crippen LogP) is 3.37. The molecule has 2 heterocycles. The van der Waals surface area contributed by atoms with Crippen molar-refractivity contribution in [2.24, 2.45) is 0 Å². The Kier molecular flexibility index (Phi) is 3.02. The Balaban J connectivity index is 2.53. The van der Waals surface area contributed by atoms with Gasteiger partial charge in [-0.1, -0.05) is 0 Å². The topological polar surface area (TPSA) is 46.0 Å². The summed E-state index contributed by atoms with van der Waals surface area (Å²) in [4.78, 5) is 8.26. The van der Waals surface area contributed by atoms with Crippen LogP contribution in [0.5, 0.6) is 5.75 Å². The first-order valence-corrected chi connectivity index (χ1v) is 5.73. The number of pyridine rings is 2. The van der Waals surface area contributed by atoms with Gasteiger partial charge in [-0.3, -0.25) is 0 Å². The van der Waals surface area contributed by atoms with Gasteiger partial charge in [-0.25, -0.2) is 9.97 Å². The van der Waals surface area contributed by atoms with Crippen LogP contribution < -0.4 is 0 Å². The van der Waals surface area contributed by atoms with E-state index in [1.807, 2.05) is 6.07 Å².